The van der Waals surface area contributed by atoms with E-state index < -0.39 is 0 Å². The van der Waals surface area contributed by atoms with Gasteiger partial charge < -0.3 is 10.6 Å². The summed E-state index contributed by atoms with van der Waals surface area (Å²) in [4.78, 5) is 16.3. The van der Waals surface area contributed by atoms with Crippen molar-refractivity contribution in [3.05, 3.63) is 0 Å². The van der Waals surface area contributed by atoms with Crippen LogP contribution in [0.15, 0.2) is 0 Å². The topological polar surface area (TPSA) is 49.6 Å². The summed E-state index contributed by atoms with van der Waals surface area (Å²) in [6.07, 6.45) is 1.36. The smallest absolute Gasteiger partial charge is 0.222 e. The van der Waals surface area contributed by atoms with Crippen LogP contribution in [0.2, 0.25) is 0 Å². The lowest BCUT2D eigenvalue weighted by Crippen LogP contribution is -2.51. The maximum absolute atomic E-state index is 11.5. The Labute approximate surface area is 103 Å². The standard InChI is InChI=1S/C11H21N3OS/c1-3-11(15)14-6-4-13(5-7-14)9(2)8-10(12)16/h9H,3-8H2,1-2H3,(H2,12,16). The zero-order chi connectivity index (χ0) is 12.1. The molecule has 5 heteroatoms. The highest BCUT2D eigenvalue weighted by atomic mass is 32.1. The summed E-state index contributed by atoms with van der Waals surface area (Å²) in [7, 11) is 0. The maximum atomic E-state index is 11.5. The fourth-order valence-electron chi connectivity index (χ4n) is 2.06. The van der Waals surface area contributed by atoms with Crippen molar-refractivity contribution in [2.45, 2.75) is 32.7 Å². The van der Waals surface area contributed by atoms with Crippen LogP contribution in [0.5, 0.6) is 0 Å². The van der Waals surface area contributed by atoms with Gasteiger partial charge in [0, 0.05) is 45.1 Å². The van der Waals surface area contributed by atoms with E-state index in [0.717, 1.165) is 32.6 Å². The Bertz CT molecular complexity index is 262. The molecule has 1 rings (SSSR count). The van der Waals surface area contributed by atoms with Crippen molar-refractivity contribution >= 4 is 23.1 Å². The van der Waals surface area contributed by atoms with Gasteiger partial charge >= 0.3 is 0 Å². The van der Waals surface area contributed by atoms with Gasteiger partial charge in [-0.15, -0.1) is 0 Å². The number of rotatable bonds is 4. The van der Waals surface area contributed by atoms with Crippen molar-refractivity contribution in [3.63, 3.8) is 0 Å². The third-order valence-corrected chi connectivity index (χ3v) is 3.26. The van der Waals surface area contributed by atoms with E-state index in [9.17, 15) is 4.79 Å². The van der Waals surface area contributed by atoms with Gasteiger partial charge in [-0.2, -0.15) is 0 Å². The Balaban J connectivity index is 2.36. The van der Waals surface area contributed by atoms with Crippen LogP contribution < -0.4 is 5.73 Å². The molecule has 0 bridgehead atoms. The zero-order valence-corrected chi connectivity index (χ0v) is 10.9. The molecule has 0 aromatic rings. The summed E-state index contributed by atoms with van der Waals surface area (Å²) in [6, 6.07) is 0.386. The van der Waals surface area contributed by atoms with Gasteiger partial charge in [0.15, 0.2) is 0 Å². The van der Waals surface area contributed by atoms with Crippen LogP contribution in [-0.2, 0) is 4.79 Å². The Morgan fingerprint density at radius 1 is 1.38 bits per heavy atom. The monoisotopic (exact) mass is 243 g/mol. The molecule has 1 atom stereocenters. The van der Waals surface area contributed by atoms with E-state index in [1.54, 1.807) is 0 Å². The molecule has 0 saturated carbocycles. The van der Waals surface area contributed by atoms with Gasteiger partial charge in [0.1, 0.15) is 0 Å². The molecule has 1 saturated heterocycles. The molecule has 2 N–H and O–H groups in total. The van der Waals surface area contributed by atoms with Crippen molar-refractivity contribution < 1.29 is 4.79 Å². The molecule has 1 aliphatic rings. The summed E-state index contributed by atoms with van der Waals surface area (Å²) >= 11 is 4.91. The number of hydrogen-bond acceptors (Lipinski definition) is 3. The van der Waals surface area contributed by atoms with Crippen molar-refractivity contribution in [2.75, 3.05) is 26.2 Å². The second kappa shape index (κ2) is 6.15. The Morgan fingerprint density at radius 3 is 2.38 bits per heavy atom. The van der Waals surface area contributed by atoms with E-state index in [2.05, 4.69) is 11.8 Å². The van der Waals surface area contributed by atoms with Crippen molar-refractivity contribution in [1.82, 2.24) is 9.80 Å². The molecule has 92 valence electrons. The summed E-state index contributed by atoms with van der Waals surface area (Å²) in [6.45, 7) is 7.55. The molecule has 0 spiro atoms. The Kier molecular flexibility index (Phi) is 5.15. The van der Waals surface area contributed by atoms with E-state index >= 15 is 0 Å². The first-order valence-electron chi connectivity index (χ1n) is 5.84. The third kappa shape index (κ3) is 3.72. The number of piperazine rings is 1. The largest absolute Gasteiger partial charge is 0.393 e. The number of carbonyl (C=O) groups is 1. The molecule has 1 aliphatic heterocycles. The molecule has 1 unspecified atom stereocenters. The van der Waals surface area contributed by atoms with E-state index in [-0.39, 0.29) is 5.91 Å². The van der Waals surface area contributed by atoms with Crippen LogP contribution in [0, 0.1) is 0 Å². The number of hydrogen-bond donors (Lipinski definition) is 1. The lowest BCUT2D eigenvalue weighted by molar-refractivity contribution is -0.132. The number of carbonyl (C=O) groups excluding carboxylic acids is 1. The predicted octanol–water partition coefficient (Wildman–Crippen LogP) is 0.605. The number of nitrogens with two attached hydrogens (primary N) is 1. The second-order valence-electron chi connectivity index (χ2n) is 4.29. The highest BCUT2D eigenvalue weighted by molar-refractivity contribution is 7.80. The van der Waals surface area contributed by atoms with Crippen LogP contribution in [0.4, 0.5) is 0 Å². The maximum Gasteiger partial charge on any atom is 0.222 e. The first-order chi connectivity index (χ1) is 7.54. The minimum absolute atomic E-state index is 0.252. The van der Waals surface area contributed by atoms with E-state index in [4.69, 9.17) is 18.0 Å². The summed E-state index contributed by atoms with van der Waals surface area (Å²) < 4.78 is 0. The molecule has 0 radical (unpaired) electrons. The molecule has 16 heavy (non-hydrogen) atoms. The van der Waals surface area contributed by atoms with Gasteiger partial charge in [-0.1, -0.05) is 19.1 Å². The van der Waals surface area contributed by atoms with E-state index in [1.165, 1.54) is 0 Å². The molecule has 0 aromatic heterocycles. The zero-order valence-electron chi connectivity index (χ0n) is 10.1. The number of amides is 1. The van der Waals surface area contributed by atoms with Gasteiger partial charge in [-0.3, -0.25) is 9.69 Å². The SMILES string of the molecule is CCC(=O)N1CCN(C(C)CC(N)=S)CC1. The lowest BCUT2D eigenvalue weighted by Gasteiger charge is -2.38. The second-order valence-corrected chi connectivity index (χ2v) is 4.81. The molecule has 4 nitrogen and oxygen atoms in total. The quantitative estimate of drug-likeness (QED) is 0.735. The fourth-order valence-corrected chi connectivity index (χ4v) is 2.30. The van der Waals surface area contributed by atoms with Crippen molar-refractivity contribution in [1.29, 1.82) is 0 Å². The molecule has 1 heterocycles. The minimum Gasteiger partial charge on any atom is -0.393 e. The van der Waals surface area contributed by atoms with Crippen LogP contribution in [0.1, 0.15) is 26.7 Å². The van der Waals surface area contributed by atoms with E-state index in [0.29, 0.717) is 17.5 Å². The summed E-state index contributed by atoms with van der Waals surface area (Å²) in [5, 5.41) is 0. The molecule has 1 amide bonds. The summed E-state index contributed by atoms with van der Waals surface area (Å²) in [5.41, 5.74) is 5.54. The normalized spacial score (nSPS) is 19.5. The fraction of sp³-hybridized carbons (Fsp3) is 0.818. The predicted molar refractivity (Wildman–Crippen MR) is 69.3 cm³/mol. The van der Waals surface area contributed by atoms with Crippen molar-refractivity contribution in [2.24, 2.45) is 5.73 Å². The van der Waals surface area contributed by atoms with Crippen LogP contribution in [-0.4, -0.2) is 52.9 Å². The van der Waals surface area contributed by atoms with Crippen molar-refractivity contribution in [3.8, 4) is 0 Å². The average molecular weight is 243 g/mol. The first-order valence-corrected chi connectivity index (χ1v) is 6.25. The Morgan fingerprint density at radius 2 is 1.94 bits per heavy atom. The van der Waals surface area contributed by atoms with Gasteiger partial charge in [-0.05, 0) is 6.92 Å². The number of thiocarbonyl (C=S) groups is 1. The Hall–Kier alpha value is -0.680. The molecular formula is C11H21N3OS. The first kappa shape index (κ1) is 13.4. The highest BCUT2D eigenvalue weighted by Crippen LogP contribution is 2.09. The van der Waals surface area contributed by atoms with E-state index in [1.807, 2.05) is 11.8 Å². The summed E-state index contributed by atoms with van der Waals surface area (Å²) in [5.74, 6) is 0.252. The van der Waals surface area contributed by atoms with Crippen LogP contribution in [0.25, 0.3) is 0 Å². The number of nitrogens with zero attached hydrogens (tertiary/aromatic N) is 2. The van der Waals surface area contributed by atoms with Crippen LogP contribution >= 0.6 is 12.2 Å². The molecular weight excluding hydrogens is 222 g/mol. The lowest BCUT2D eigenvalue weighted by atomic mass is 10.1. The van der Waals surface area contributed by atoms with Gasteiger partial charge in [-0.25, -0.2) is 0 Å². The molecule has 0 aliphatic carbocycles. The van der Waals surface area contributed by atoms with Gasteiger partial charge in [0.2, 0.25) is 5.91 Å². The third-order valence-electron chi connectivity index (χ3n) is 3.09. The van der Waals surface area contributed by atoms with Gasteiger partial charge in [0.05, 0.1) is 4.99 Å². The van der Waals surface area contributed by atoms with Crippen LogP contribution in [0.3, 0.4) is 0 Å². The average Bonchev–Trinajstić information content (AvgIpc) is 2.27. The highest BCUT2D eigenvalue weighted by Gasteiger charge is 2.23. The molecule has 1 fully saturated rings. The molecule has 0 aromatic carbocycles. The van der Waals surface area contributed by atoms with Gasteiger partial charge in [0.25, 0.3) is 0 Å². The minimum atomic E-state index is 0.252.